The lowest BCUT2D eigenvalue weighted by atomic mass is 10.1. The molecule has 0 aliphatic carbocycles. The Hall–Kier alpha value is -4.89. The number of nitriles is 1. The van der Waals surface area contributed by atoms with Crippen LogP contribution in [0, 0.1) is 11.3 Å². The summed E-state index contributed by atoms with van der Waals surface area (Å²) in [6, 6.07) is 16.9. The van der Waals surface area contributed by atoms with E-state index in [2.05, 4.69) is 21.7 Å². The number of rotatable bonds is 8. The van der Waals surface area contributed by atoms with E-state index in [1.165, 1.54) is 7.11 Å². The molecule has 12 heteroatoms. The fourth-order valence-electron chi connectivity index (χ4n) is 5.17. The summed E-state index contributed by atoms with van der Waals surface area (Å²) < 4.78 is 12.2. The highest BCUT2D eigenvalue weighted by molar-refractivity contribution is 5.80. The Kier molecular flexibility index (Phi) is 7.51. The maximum absolute atomic E-state index is 12.2. The molecular weight excluding hydrogens is 522 g/mol. The predicted molar refractivity (Wildman–Crippen MR) is 150 cm³/mol. The van der Waals surface area contributed by atoms with Crippen LogP contribution in [0.5, 0.6) is 0 Å². The van der Waals surface area contributed by atoms with Gasteiger partial charge >= 0.3 is 5.97 Å². The van der Waals surface area contributed by atoms with Gasteiger partial charge in [-0.15, -0.1) is 5.10 Å². The van der Waals surface area contributed by atoms with Crippen LogP contribution >= 0.6 is 0 Å². The van der Waals surface area contributed by atoms with Gasteiger partial charge in [0, 0.05) is 18.7 Å². The first-order chi connectivity index (χ1) is 20.1. The Bertz CT molecular complexity index is 1590. The highest BCUT2D eigenvalue weighted by Crippen LogP contribution is 2.27. The average Bonchev–Trinajstić information content (AvgIpc) is 3.80. The molecule has 1 N–H and O–H groups in total. The van der Waals surface area contributed by atoms with Crippen LogP contribution < -0.4 is 10.2 Å². The summed E-state index contributed by atoms with van der Waals surface area (Å²) in [7, 11) is 1.41. The second-order valence-electron chi connectivity index (χ2n) is 10.0. The molecule has 0 bridgehead atoms. The predicted octanol–water partition coefficient (Wildman–Crippen LogP) is 3.06. The van der Waals surface area contributed by atoms with Crippen LogP contribution in [-0.4, -0.2) is 74.9 Å². The molecule has 2 aliphatic rings. The molecule has 0 amide bonds. The molecule has 6 rings (SSSR count). The van der Waals surface area contributed by atoms with Gasteiger partial charge in [-0.1, -0.05) is 23.4 Å². The van der Waals surface area contributed by atoms with Gasteiger partial charge in [-0.25, -0.2) is 24.4 Å². The van der Waals surface area contributed by atoms with E-state index in [1.54, 1.807) is 16.8 Å². The first-order valence-electron chi connectivity index (χ1n) is 13.5. The van der Waals surface area contributed by atoms with E-state index in [9.17, 15) is 10.1 Å². The number of hydrogen-bond acceptors (Lipinski definition) is 11. The van der Waals surface area contributed by atoms with Crippen molar-refractivity contribution in [2.45, 2.75) is 37.9 Å². The quantitative estimate of drug-likeness (QED) is 0.323. The number of ether oxygens (including phenoxy) is 2. The van der Waals surface area contributed by atoms with Crippen LogP contribution in [0.15, 0.2) is 54.7 Å². The maximum atomic E-state index is 12.2. The first kappa shape index (κ1) is 26.3. The first-order valence-corrected chi connectivity index (χ1v) is 13.5. The molecule has 2 fully saturated rings. The van der Waals surface area contributed by atoms with Gasteiger partial charge in [-0.3, -0.25) is 0 Å². The molecule has 5 heterocycles. The topological polar surface area (TPSA) is 144 Å². The van der Waals surface area contributed by atoms with E-state index in [4.69, 9.17) is 24.4 Å². The number of nitrogens with one attached hydrogen (secondary N) is 1. The third kappa shape index (κ3) is 5.85. The van der Waals surface area contributed by atoms with Crippen LogP contribution in [0.25, 0.3) is 22.6 Å². The fourth-order valence-corrected chi connectivity index (χ4v) is 5.17. The summed E-state index contributed by atoms with van der Waals surface area (Å²) in [6.45, 7) is 2.43. The van der Waals surface area contributed by atoms with E-state index in [0.29, 0.717) is 48.4 Å². The van der Waals surface area contributed by atoms with Crippen molar-refractivity contribution >= 4 is 17.7 Å². The van der Waals surface area contributed by atoms with E-state index in [0.717, 1.165) is 42.9 Å². The Morgan fingerprint density at radius 1 is 1.12 bits per heavy atom. The van der Waals surface area contributed by atoms with Crippen LogP contribution in [-0.2, 0) is 20.8 Å². The molecule has 0 spiro atoms. The summed E-state index contributed by atoms with van der Waals surface area (Å²) in [5.41, 5.74) is 3.99. The highest BCUT2D eigenvalue weighted by atomic mass is 16.5. The normalized spacial score (nSPS) is 18.3. The molecule has 2 atom stereocenters. The Balaban J connectivity index is 1.26. The van der Waals surface area contributed by atoms with Crippen molar-refractivity contribution in [3.63, 3.8) is 0 Å². The van der Waals surface area contributed by atoms with Crippen molar-refractivity contribution in [1.29, 1.82) is 5.26 Å². The number of methoxy groups -OCH3 is 1. The molecule has 4 aromatic rings. The van der Waals surface area contributed by atoms with Gasteiger partial charge in [-0.05, 0) is 49.6 Å². The third-order valence-corrected chi connectivity index (χ3v) is 7.21. The van der Waals surface area contributed by atoms with Gasteiger partial charge in [0.15, 0.2) is 0 Å². The van der Waals surface area contributed by atoms with Crippen LogP contribution in [0.3, 0.4) is 0 Å². The van der Waals surface area contributed by atoms with Crippen molar-refractivity contribution in [2.24, 2.45) is 0 Å². The zero-order valence-corrected chi connectivity index (χ0v) is 22.6. The number of aromatic nitrogens is 6. The molecule has 0 saturated carbocycles. The Labute approximate surface area is 237 Å². The maximum Gasteiger partial charge on any atom is 0.328 e. The second kappa shape index (κ2) is 11.7. The molecule has 2 saturated heterocycles. The summed E-state index contributed by atoms with van der Waals surface area (Å²) >= 11 is 0. The number of esters is 1. The summed E-state index contributed by atoms with van der Waals surface area (Å²) in [5, 5.41) is 21.5. The Morgan fingerprint density at radius 3 is 2.83 bits per heavy atom. The van der Waals surface area contributed by atoms with Gasteiger partial charge in [0.05, 0.1) is 61.2 Å². The average molecular weight is 552 g/mol. The lowest BCUT2D eigenvalue weighted by Gasteiger charge is -2.24. The standard InChI is InChI=1S/C29H29N9O3/c1-40-28(39)26-8-4-11-38(26)27-9-3-7-21(31-27)16-37-17-25(35-36-37)24-14-23(20-6-2-5-19(13-20)15-30)33-29(34-24)32-22-10-12-41-18-22/h2-3,5-7,9,13-14,17,22,26H,4,8,10-12,16,18H2,1H3,(H,32,33,34)/t22-,26-/m1/s1. The smallest absolute Gasteiger partial charge is 0.328 e. The summed E-state index contributed by atoms with van der Waals surface area (Å²) in [6.07, 6.45) is 4.34. The second-order valence-corrected chi connectivity index (χ2v) is 10.0. The highest BCUT2D eigenvalue weighted by Gasteiger charge is 2.32. The number of pyridine rings is 1. The lowest BCUT2D eigenvalue weighted by Crippen LogP contribution is -2.37. The molecule has 41 heavy (non-hydrogen) atoms. The minimum Gasteiger partial charge on any atom is -0.467 e. The van der Waals surface area contributed by atoms with Gasteiger partial charge in [0.2, 0.25) is 5.95 Å². The minimum atomic E-state index is -0.319. The lowest BCUT2D eigenvalue weighted by molar-refractivity contribution is -0.141. The largest absolute Gasteiger partial charge is 0.467 e. The number of hydrogen-bond donors (Lipinski definition) is 1. The van der Waals surface area contributed by atoms with Crippen molar-refractivity contribution in [3.05, 3.63) is 66.0 Å². The third-order valence-electron chi connectivity index (χ3n) is 7.21. The monoisotopic (exact) mass is 551 g/mol. The summed E-state index contributed by atoms with van der Waals surface area (Å²) in [5.74, 6) is 0.959. The van der Waals surface area contributed by atoms with Gasteiger partial charge in [0.25, 0.3) is 0 Å². The molecular formula is C29H29N9O3. The summed E-state index contributed by atoms with van der Waals surface area (Å²) in [4.78, 5) is 28.5. The van der Waals surface area contributed by atoms with E-state index < -0.39 is 0 Å². The van der Waals surface area contributed by atoms with Crippen LogP contribution in [0.2, 0.25) is 0 Å². The van der Waals surface area contributed by atoms with Crippen molar-refractivity contribution in [1.82, 2.24) is 29.9 Å². The minimum absolute atomic E-state index is 0.118. The molecule has 3 aromatic heterocycles. The number of carbonyl (C=O) groups is 1. The van der Waals surface area contributed by atoms with E-state index in [-0.39, 0.29) is 18.1 Å². The zero-order chi connectivity index (χ0) is 28.2. The fraction of sp³-hybridized carbons (Fsp3) is 0.345. The molecule has 0 unspecified atom stereocenters. The van der Waals surface area contributed by atoms with E-state index >= 15 is 0 Å². The van der Waals surface area contributed by atoms with Gasteiger partial charge < -0.3 is 19.7 Å². The van der Waals surface area contributed by atoms with Crippen molar-refractivity contribution < 1.29 is 14.3 Å². The number of anilines is 2. The van der Waals surface area contributed by atoms with Crippen LogP contribution in [0.1, 0.15) is 30.5 Å². The van der Waals surface area contributed by atoms with Crippen molar-refractivity contribution in [2.75, 3.05) is 37.1 Å². The Morgan fingerprint density at radius 2 is 2.00 bits per heavy atom. The molecule has 1 aromatic carbocycles. The SMILES string of the molecule is COC(=O)[C@H]1CCCN1c1cccc(Cn2cc(-c3cc(-c4cccc(C#N)c4)nc(N[C@@H]4CCOC4)n3)nn2)n1. The van der Waals surface area contributed by atoms with E-state index in [1.807, 2.05) is 47.5 Å². The van der Waals surface area contributed by atoms with Crippen molar-refractivity contribution in [3.8, 4) is 28.7 Å². The number of nitrogens with zero attached hydrogens (tertiary/aromatic N) is 8. The number of carbonyl (C=O) groups excluding carboxylic acids is 1. The molecule has 208 valence electrons. The molecule has 2 aliphatic heterocycles. The van der Waals surface area contributed by atoms with Crippen LogP contribution in [0.4, 0.5) is 11.8 Å². The van der Waals surface area contributed by atoms with Gasteiger partial charge in [0.1, 0.15) is 17.6 Å². The molecule has 12 nitrogen and oxygen atoms in total. The number of benzene rings is 1. The van der Waals surface area contributed by atoms with Gasteiger partial charge in [-0.2, -0.15) is 5.26 Å². The zero-order valence-electron chi connectivity index (χ0n) is 22.6. The molecule has 0 radical (unpaired) electrons.